The highest BCUT2D eigenvalue weighted by atomic mass is 79.9. The van der Waals surface area contributed by atoms with E-state index < -0.39 is 5.97 Å². The maximum atomic E-state index is 11.3. The van der Waals surface area contributed by atoms with Gasteiger partial charge in [-0.25, -0.2) is 4.79 Å². The second kappa shape index (κ2) is 6.30. The van der Waals surface area contributed by atoms with Gasteiger partial charge in [-0.2, -0.15) is 11.8 Å². The van der Waals surface area contributed by atoms with Crippen LogP contribution in [0.1, 0.15) is 10.4 Å². The number of hydrogen-bond donors (Lipinski definition) is 1. The first-order chi connectivity index (χ1) is 9.15. The van der Waals surface area contributed by atoms with Crippen molar-refractivity contribution in [2.45, 2.75) is 0 Å². The van der Waals surface area contributed by atoms with E-state index in [-0.39, 0.29) is 5.56 Å². The molecule has 2 aromatic carbocycles. The Labute approximate surface area is 124 Å². The van der Waals surface area contributed by atoms with Crippen LogP contribution in [-0.2, 0) is 0 Å². The number of rotatable bonds is 5. The zero-order chi connectivity index (χ0) is 13.8. The minimum atomic E-state index is -0.981. The lowest BCUT2D eigenvalue weighted by Crippen LogP contribution is -2.07. The lowest BCUT2D eigenvalue weighted by atomic mass is 10.1. The van der Waals surface area contributed by atoms with Crippen molar-refractivity contribution >= 4 is 44.4 Å². The molecule has 0 saturated heterocycles. The SMILES string of the molecule is CSCCOc1c(C(=O)O)cc2ccccc2c1Br. The molecule has 0 atom stereocenters. The van der Waals surface area contributed by atoms with Crippen LogP contribution >= 0.6 is 27.7 Å². The van der Waals surface area contributed by atoms with Gasteiger partial charge >= 0.3 is 5.97 Å². The Bertz CT molecular complexity index is 613. The highest BCUT2D eigenvalue weighted by molar-refractivity contribution is 9.10. The van der Waals surface area contributed by atoms with Gasteiger partial charge in [0, 0.05) is 5.75 Å². The predicted molar refractivity (Wildman–Crippen MR) is 82.5 cm³/mol. The van der Waals surface area contributed by atoms with E-state index in [1.165, 1.54) is 0 Å². The van der Waals surface area contributed by atoms with Gasteiger partial charge in [-0.3, -0.25) is 0 Å². The molecule has 0 amide bonds. The summed E-state index contributed by atoms with van der Waals surface area (Å²) >= 11 is 5.11. The molecule has 0 unspecified atom stereocenters. The molecule has 1 N–H and O–H groups in total. The summed E-state index contributed by atoms with van der Waals surface area (Å²) in [5.74, 6) is 0.240. The third-order valence-corrected chi connectivity index (χ3v) is 4.07. The van der Waals surface area contributed by atoms with E-state index in [9.17, 15) is 9.90 Å². The Kier molecular flexibility index (Phi) is 4.71. The average Bonchev–Trinajstić information content (AvgIpc) is 2.41. The Morgan fingerprint density at radius 1 is 1.42 bits per heavy atom. The van der Waals surface area contributed by atoms with Crippen molar-refractivity contribution in [2.24, 2.45) is 0 Å². The highest BCUT2D eigenvalue weighted by Crippen LogP contribution is 2.36. The molecule has 0 saturated carbocycles. The van der Waals surface area contributed by atoms with Crippen LogP contribution in [-0.4, -0.2) is 29.7 Å². The molecule has 0 aromatic heterocycles. The number of aromatic carboxylic acids is 1. The predicted octanol–water partition coefficient (Wildman–Crippen LogP) is 4.04. The van der Waals surface area contributed by atoms with Crippen LogP contribution in [0.25, 0.3) is 10.8 Å². The second-order valence-electron chi connectivity index (χ2n) is 3.93. The number of ether oxygens (including phenoxy) is 1. The molecule has 3 nitrogen and oxygen atoms in total. The summed E-state index contributed by atoms with van der Waals surface area (Å²) in [6, 6.07) is 9.27. The molecule has 0 radical (unpaired) electrons. The first-order valence-electron chi connectivity index (χ1n) is 5.71. The van der Waals surface area contributed by atoms with Gasteiger partial charge in [0.1, 0.15) is 11.3 Å². The van der Waals surface area contributed by atoms with Gasteiger partial charge in [-0.05, 0) is 39.0 Å². The largest absolute Gasteiger partial charge is 0.491 e. The Morgan fingerprint density at radius 2 is 2.16 bits per heavy atom. The molecule has 5 heteroatoms. The number of carboxylic acid groups (broad SMARTS) is 1. The summed E-state index contributed by atoms with van der Waals surface area (Å²) in [5.41, 5.74) is 0.187. The van der Waals surface area contributed by atoms with E-state index in [0.29, 0.717) is 16.8 Å². The third-order valence-electron chi connectivity index (χ3n) is 2.71. The molecule has 0 spiro atoms. The highest BCUT2D eigenvalue weighted by Gasteiger charge is 2.17. The van der Waals surface area contributed by atoms with Gasteiger partial charge in [-0.15, -0.1) is 0 Å². The first-order valence-corrected chi connectivity index (χ1v) is 7.90. The maximum absolute atomic E-state index is 11.3. The number of carbonyl (C=O) groups is 1. The normalized spacial score (nSPS) is 10.6. The van der Waals surface area contributed by atoms with Crippen LogP contribution in [0.2, 0.25) is 0 Å². The number of hydrogen-bond acceptors (Lipinski definition) is 3. The quantitative estimate of drug-likeness (QED) is 0.834. The molecule has 0 heterocycles. The Hall–Kier alpha value is -1.20. The topological polar surface area (TPSA) is 46.5 Å². The summed E-state index contributed by atoms with van der Waals surface area (Å²) in [6.45, 7) is 0.485. The zero-order valence-corrected chi connectivity index (χ0v) is 12.8. The summed E-state index contributed by atoms with van der Waals surface area (Å²) in [7, 11) is 0. The fourth-order valence-corrected chi connectivity index (χ4v) is 2.75. The number of halogens is 1. The lowest BCUT2D eigenvalue weighted by Gasteiger charge is -2.13. The summed E-state index contributed by atoms with van der Waals surface area (Å²) in [6.07, 6.45) is 1.98. The Morgan fingerprint density at radius 3 is 2.84 bits per heavy atom. The number of thioether (sulfide) groups is 1. The minimum absolute atomic E-state index is 0.187. The monoisotopic (exact) mass is 340 g/mol. The van der Waals surface area contributed by atoms with Crippen molar-refractivity contribution in [2.75, 3.05) is 18.6 Å². The average molecular weight is 341 g/mol. The molecule has 2 aromatic rings. The van der Waals surface area contributed by atoms with Gasteiger partial charge < -0.3 is 9.84 Å². The molecule has 19 heavy (non-hydrogen) atoms. The molecule has 100 valence electrons. The molecule has 0 bridgehead atoms. The van der Waals surface area contributed by atoms with Gasteiger partial charge in [0.05, 0.1) is 11.1 Å². The molecule has 2 rings (SSSR count). The zero-order valence-electron chi connectivity index (χ0n) is 10.4. The second-order valence-corrected chi connectivity index (χ2v) is 5.71. The maximum Gasteiger partial charge on any atom is 0.339 e. The first kappa shape index (κ1) is 14.2. The van der Waals surface area contributed by atoms with Crippen molar-refractivity contribution < 1.29 is 14.6 Å². The fourth-order valence-electron chi connectivity index (χ4n) is 1.81. The van der Waals surface area contributed by atoms with Crippen LogP contribution in [0.15, 0.2) is 34.8 Å². The van der Waals surface area contributed by atoms with Crippen molar-refractivity contribution in [1.82, 2.24) is 0 Å². The molecular formula is C14H13BrO3S. The molecule has 0 aliphatic carbocycles. The number of carboxylic acids is 1. The van der Waals surface area contributed by atoms with Crippen LogP contribution in [0, 0.1) is 0 Å². The van der Waals surface area contributed by atoms with Crippen LogP contribution in [0.3, 0.4) is 0 Å². The van der Waals surface area contributed by atoms with Crippen molar-refractivity contribution in [3.05, 3.63) is 40.4 Å². The smallest absolute Gasteiger partial charge is 0.339 e. The van der Waals surface area contributed by atoms with Gasteiger partial charge in [0.2, 0.25) is 0 Å². The van der Waals surface area contributed by atoms with Crippen molar-refractivity contribution in [3.63, 3.8) is 0 Å². The van der Waals surface area contributed by atoms with Gasteiger partial charge in [0.15, 0.2) is 0 Å². The van der Waals surface area contributed by atoms with E-state index in [1.54, 1.807) is 17.8 Å². The van der Waals surface area contributed by atoms with Crippen molar-refractivity contribution in [1.29, 1.82) is 0 Å². The van der Waals surface area contributed by atoms with E-state index >= 15 is 0 Å². The summed E-state index contributed by atoms with van der Waals surface area (Å²) < 4.78 is 6.33. The lowest BCUT2D eigenvalue weighted by molar-refractivity contribution is 0.0692. The molecule has 0 fully saturated rings. The summed E-state index contributed by atoms with van der Waals surface area (Å²) in [4.78, 5) is 11.3. The molecule has 0 aliphatic heterocycles. The van der Waals surface area contributed by atoms with E-state index in [0.717, 1.165) is 16.5 Å². The van der Waals surface area contributed by atoms with Crippen molar-refractivity contribution in [3.8, 4) is 5.75 Å². The Balaban J connectivity index is 2.54. The van der Waals surface area contributed by atoms with Gasteiger partial charge in [0.25, 0.3) is 0 Å². The molecule has 0 aliphatic rings. The number of benzene rings is 2. The molecular weight excluding hydrogens is 328 g/mol. The number of fused-ring (bicyclic) bond motifs is 1. The minimum Gasteiger partial charge on any atom is -0.491 e. The standard InChI is InChI=1S/C14H13BrO3S/c1-19-7-6-18-13-11(14(16)17)8-9-4-2-3-5-10(9)12(13)15/h2-5,8H,6-7H2,1H3,(H,16,17). The van der Waals surface area contributed by atoms with E-state index in [1.807, 2.05) is 30.5 Å². The van der Waals surface area contributed by atoms with E-state index in [4.69, 9.17) is 4.74 Å². The van der Waals surface area contributed by atoms with Gasteiger partial charge in [-0.1, -0.05) is 24.3 Å². The van der Waals surface area contributed by atoms with Crippen LogP contribution < -0.4 is 4.74 Å². The summed E-state index contributed by atoms with van der Waals surface area (Å²) in [5, 5.41) is 11.1. The van der Waals surface area contributed by atoms with E-state index in [2.05, 4.69) is 15.9 Å². The fraction of sp³-hybridized carbons (Fsp3) is 0.214. The van der Waals surface area contributed by atoms with Crippen LogP contribution in [0.4, 0.5) is 0 Å². The third kappa shape index (κ3) is 3.04. The van der Waals surface area contributed by atoms with Crippen LogP contribution in [0.5, 0.6) is 5.75 Å².